The molecule has 84 valence electrons. The molecule has 0 saturated heterocycles. The van der Waals surface area contributed by atoms with E-state index in [1.807, 2.05) is 0 Å². The molecule has 0 aliphatic heterocycles. The van der Waals surface area contributed by atoms with Crippen LogP contribution in [-0.4, -0.2) is 4.98 Å². The molecule has 0 N–H and O–H groups in total. The highest BCUT2D eigenvalue weighted by atomic mass is 79.9. The standard InChI is InChI=1S/C10H6BrClFNOS/c11-8-2-1-6(3-9(8)13)15-5-7-4-14-10(12)16-7/h1-4H,5H2. The van der Waals surface area contributed by atoms with Gasteiger partial charge in [-0.15, -0.1) is 11.3 Å². The Bertz CT molecular complexity index is 505. The molecule has 6 heteroatoms. The molecule has 1 aromatic carbocycles. The average molecular weight is 323 g/mol. The summed E-state index contributed by atoms with van der Waals surface area (Å²) in [6, 6.07) is 4.62. The number of rotatable bonds is 3. The van der Waals surface area contributed by atoms with Crippen molar-refractivity contribution < 1.29 is 9.13 Å². The fraction of sp³-hybridized carbons (Fsp3) is 0.100. The second-order valence-corrected chi connectivity index (χ2v) is 5.50. The van der Waals surface area contributed by atoms with Crippen LogP contribution in [0.25, 0.3) is 0 Å². The lowest BCUT2D eigenvalue weighted by Crippen LogP contribution is -1.93. The zero-order chi connectivity index (χ0) is 11.5. The predicted octanol–water partition coefficient (Wildman–Crippen LogP) is 4.28. The molecule has 1 aromatic heterocycles. The molecule has 0 unspecified atom stereocenters. The van der Waals surface area contributed by atoms with Gasteiger partial charge in [0.25, 0.3) is 0 Å². The molecule has 0 aliphatic carbocycles. The zero-order valence-electron chi connectivity index (χ0n) is 7.91. The predicted molar refractivity (Wildman–Crippen MR) is 65.6 cm³/mol. The first-order valence-electron chi connectivity index (χ1n) is 4.33. The zero-order valence-corrected chi connectivity index (χ0v) is 11.1. The molecule has 2 nitrogen and oxygen atoms in total. The third-order valence-corrected chi connectivity index (χ3v) is 3.53. The van der Waals surface area contributed by atoms with Crippen molar-refractivity contribution in [2.24, 2.45) is 0 Å². The van der Waals surface area contributed by atoms with E-state index < -0.39 is 0 Å². The Morgan fingerprint density at radius 2 is 2.31 bits per heavy atom. The first kappa shape index (κ1) is 11.8. The van der Waals surface area contributed by atoms with E-state index >= 15 is 0 Å². The van der Waals surface area contributed by atoms with E-state index in [-0.39, 0.29) is 5.82 Å². The molecule has 0 fully saturated rings. The molecule has 0 amide bonds. The van der Waals surface area contributed by atoms with E-state index in [4.69, 9.17) is 16.3 Å². The third kappa shape index (κ3) is 2.93. The van der Waals surface area contributed by atoms with Gasteiger partial charge in [-0.25, -0.2) is 9.37 Å². The van der Waals surface area contributed by atoms with Crippen LogP contribution in [0.5, 0.6) is 5.75 Å². The largest absolute Gasteiger partial charge is 0.488 e. The van der Waals surface area contributed by atoms with Crippen molar-refractivity contribution in [1.82, 2.24) is 4.98 Å². The molecule has 2 rings (SSSR count). The number of hydrogen-bond acceptors (Lipinski definition) is 3. The highest BCUT2D eigenvalue weighted by Gasteiger charge is 2.03. The van der Waals surface area contributed by atoms with Crippen LogP contribution in [0, 0.1) is 5.82 Å². The van der Waals surface area contributed by atoms with Crippen LogP contribution in [-0.2, 0) is 6.61 Å². The summed E-state index contributed by atoms with van der Waals surface area (Å²) < 4.78 is 19.4. The summed E-state index contributed by atoms with van der Waals surface area (Å²) in [7, 11) is 0. The highest BCUT2D eigenvalue weighted by Crippen LogP contribution is 2.23. The third-order valence-electron chi connectivity index (χ3n) is 1.80. The van der Waals surface area contributed by atoms with E-state index in [0.717, 1.165) is 4.88 Å². The van der Waals surface area contributed by atoms with E-state index in [1.54, 1.807) is 18.3 Å². The van der Waals surface area contributed by atoms with Gasteiger partial charge in [-0.2, -0.15) is 0 Å². The smallest absolute Gasteiger partial charge is 0.183 e. The lowest BCUT2D eigenvalue weighted by molar-refractivity contribution is 0.308. The van der Waals surface area contributed by atoms with Gasteiger partial charge >= 0.3 is 0 Å². The minimum Gasteiger partial charge on any atom is -0.488 e. The molecular weight excluding hydrogens is 317 g/mol. The molecule has 1 heterocycles. The monoisotopic (exact) mass is 321 g/mol. The van der Waals surface area contributed by atoms with Crippen molar-refractivity contribution >= 4 is 38.9 Å². The molecule has 0 bridgehead atoms. The van der Waals surface area contributed by atoms with Gasteiger partial charge in [-0.1, -0.05) is 11.6 Å². The summed E-state index contributed by atoms with van der Waals surface area (Å²) in [4.78, 5) is 4.78. The van der Waals surface area contributed by atoms with Gasteiger partial charge in [0.2, 0.25) is 0 Å². The van der Waals surface area contributed by atoms with Gasteiger partial charge in [-0.05, 0) is 28.1 Å². The maximum atomic E-state index is 13.2. The summed E-state index contributed by atoms with van der Waals surface area (Å²) in [5, 5.41) is 0. The number of hydrogen-bond donors (Lipinski definition) is 0. The van der Waals surface area contributed by atoms with Gasteiger partial charge in [0.1, 0.15) is 18.2 Å². The SMILES string of the molecule is Fc1cc(OCc2cnc(Cl)s2)ccc1Br. The van der Waals surface area contributed by atoms with Crippen LogP contribution < -0.4 is 4.74 Å². The lowest BCUT2D eigenvalue weighted by Gasteiger charge is -2.04. The summed E-state index contributed by atoms with van der Waals surface area (Å²) in [6.45, 7) is 0.339. The Morgan fingerprint density at radius 3 is 2.94 bits per heavy atom. The average Bonchev–Trinajstić information content (AvgIpc) is 2.66. The van der Waals surface area contributed by atoms with Crippen LogP contribution in [0.4, 0.5) is 4.39 Å². The number of benzene rings is 1. The van der Waals surface area contributed by atoms with Crippen LogP contribution in [0.15, 0.2) is 28.9 Å². The van der Waals surface area contributed by atoms with Crippen molar-refractivity contribution in [2.45, 2.75) is 6.61 Å². The van der Waals surface area contributed by atoms with Gasteiger partial charge in [-0.3, -0.25) is 0 Å². The van der Waals surface area contributed by atoms with Crippen LogP contribution in [0.2, 0.25) is 4.47 Å². The van der Waals surface area contributed by atoms with E-state index in [9.17, 15) is 4.39 Å². The Hall–Kier alpha value is -0.650. The maximum Gasteiger partial charge on any atom is 0.183 e. The van der Waals surface area contributed by atoms with Crippen molar-refractivity contribution in [3.8, 4) is 5.75 Å². The van der Waals surface area contributed by atoms with Crippen molar-refractivity contribution in [3.05, 3.63) is 44.0 Å². The summed E-state index contributed by atoms with van der Waals surface area (Å²) in [5.41, 5.74) is 0. The topological polar surface area (TPSA) is 22.1 Å². The Morgan fingerprint density at radius 1 is 1.50 bits per heavy atom. The molecule has 0 radical (unpaired) electrons. The first-order valence-corrected chi connectivity index (χ1v) is 6.32. The van der Waals surface area contributed by atoms with Crippen LogP contribution in [0.1, 0.15) is 4.88 Å². The van der Waals surface area contributed by atoms with Gasteiger partial charge < -0.3 is 4.74 Å². The lowest BCUT2D eigenvalue weighted by atomic mass is 10.3. The van der Waals surface area contributed by atoms with Crippen molar-refractivity contribution in [2.75, 3.05) is 0 Å². The normalized spacial score (nSPS) is 10.4. The van der Waals surface area contributed by atoms with Crippen LogP contribution in [0.3, 0.4) is 0 Å². The van der Waals surface area contributed by atoms with Gasteiger partial charge in [0.05, 0.1) is 9.35 Å². The molecule has 0 aliphatic rings. The van der Waals surface area contributed by atoms with Crippen molar-refractivity contribution in [3.63, 3.8) is 0 Å². The van der Waals surface area contributed by atoms with Crippen molar-refractivity contribution in [1.29, 1.82) is 0 Å². The van der Waals surface area contributed by atoms with Crippen LogP contribution >= 0.6 is 38.9 Å². The van der Waals surface area contributed by atoms with E-state index in [0.29, 0.717) is 21.3 Å². The van der Waals surface area contributed by atoms with Gasteiger partial charge in [0.15, 0.2) is 4.47 Å². The minimum atomic E-state index is -0.347. The molecule has 0 atom stereocenters. The highest BCUT2D eigenvalue weighted by molar-refractivity contribution is 9.10. The fourth-order valence-corrected chi connectivity index (χ4v) is 2.21. The first-order chi connectivity index (χ1) is 7.65. The Labute approximate surface area is 109 Å². The molecule has 16 heavy (non-hydrogen) atoms. The fourth-order valence-electron chi connectivity index (χ4n) is 1.07. The number of nitrogens with zero attached hydrogens (tertiary/aromatic N) is 1. The summed E-state index contributed by atoms with van der Waals surface area (Å²) >= 11 is 10.1. The molecule has 0 spiro atoms. The Balaban J connectivity index is 2.02. The molecular formula is C10H6BrClFNOS. The number of aromatic nitrogens is 1. The number of halogens is 3. The summed E-state index contributed by atoms with van der Waals surface area (Å²) in [6.07, 6.45) is 1.64. The quantitative estimate of drug-likeness (QED) is 0.841. The summed E-state index contributed by atoms with van der Waals surface area (Å²) in [5.74, 6) is 0.130. The Kier molecular flexibility index (Phi) is 3.78. The van der Waals surface area contributed by atoms with Gasteiger partial charge in [0, 0.05) is 12.3 Å². The minimum absolute atomic E-state index is 0.339. The number of thiazole rings is 1. The molecule has 0 saturated carbocycles. The molecule has 2 aromatic rings. The second kappa shape index (κ2) is 5.12. The van der Waals surface area contributed by atoms with E-state index in [2.05, 4.69) is 20.9 Å². The maximum absolute atomic E-state index is 13.2. The number of ether oxygens (including phenoxy) is 1. The second-order valence-electron chi connectivity index (χ2n) is 2.94. The van der Waals surface area contributed by atoms with E-state index in [1.165, 1.54) is 17.4 Å².